The predicted molar refractivity (Wildman–Crippen MR) is 173 cm³/mol. The maximum absolute atomic E-state index is 11.6. The van der Waals surface area contributed by atoms with Crippen molar-refractivity contribution in [1.82, 2.24) is 9.80 Å². The number of aromatic hydroxyl groups is 2. The molecular weight excluding hydrogens is 492 g/mol. The van der Waals surface area contributed by atoms with E-state index in [0.717, 1.165) is 48.4 Å². The highest BCUT2D eigenvalue weighted by Crippen LogP contribution is 2.40. The lowest BCUT2D eigenvalue weighted by Gasteiger charge is -2.32. The summed E-state index contributed by atoms with van der Waals surface area (Å²) in [5.41, 5.74) is 5.96. The van der Waals surface area contributed by atoms with Crippen molar-refractivity contribution < 1.29 is 10.2 Å². The molecule has 0 saturated carbocycles. The van der Waals surface area contributed by atoms with E-state index in [-0.39, 0.29) is 21.7 Å². The first-order valence-electron chi connectivity index (χ1n) is 15.3. The van der Waals surface area contributed by atoms with Gasteiger partial charge in [-0.1, -0.05) is 121 Å². The molecule has 4 heteroatoms. The molecule has 0 amide bonds. The molecule has 0 atom stereocenters. The third-order valence-corrected chi connectivity index (χ3v) is 8.14. The Morgan fingerprint density at radius 1 is 0.500 bits per heavy atom. The van der Waals surface area contributed by atoms with Crippen LogP contribution in [-0.4, -0.2) is 46.2 Å². The van der Waals surface area contributed by atoms with Crippen LogP contribution in [0.5, 0.6) is 11.5 Å². The monoisotopic (exact) mass is 552 g/mol. The van der Waals surface area contributed by atoms with Crippen LogP contribution in [0.1, 0.15) is 130 Å². The number of nitrogens with zero attached hydrogens (tertiary/aromatic N) is 2. The summed E-state index contributed by atoms with van der Waals surface area (Å²) >= 11 is 0. The molecule has 2 aromatic rings. The molecule has 4 nitrogen and oxygen atoms in total. The molecule has 0 aromatic heterocycles. The first-order chi connectivity index (χ1) is 18.1. The zero-order valence-electron chi connectivity index (χ0n) is 28.3. The molecule has 0 fully saturated rings. The Morgan fingerprint density at radius 2 is 0.825 bits per heavy atom. The zero-order valence-corrected chi connectivity index (χ0v) is 28.3. The van der Waals surface area contributed by atoms with Gasteiger partial charge in [-0.25, -0.2) is 0 Å². The molecule has 40 heavy (non-hydrogen) atoms. The van der Waals surface area contributed by atoms with Crippen molar-refractivity contribution in [1.29, 1.82) is 0 Å². The fourth-order valence-electron chi connectivity index (χ4n) is 5.16. The van der Waals surface area contributed by atoms with E-state index < -0.39 is 0 Å². The molecule has 0 unspecified atom stereocenters. The van der Waals surface area contributed by atoms with E-state index in [1.165, 1.54) is 11.1 Å². The summed E-state index contributed by atoms with van der Waals surface area (Å²) in [4.78, 5) is 4.84. The summed E-state index contributed by atoms with van der Waals surface area (Å²) in [5.74, 6) is 0.799. The first-order valence-corrected chi connectivity index (χ1v) is 15.3. The summed E-state index contributed by atoms with van der Waals surface area (Å²) in [6.45, 7) is 35.8. The number of hydrogen-bond donors (Lipinski definition) is 2. The van der Waals surface area contributed by atoms with Crippen molar-refractivity contribution in [2.45, 2.75) is 132 Å². The quantitative estimate of drug-likeness (QED) is 0.327. The van der Waals surface area contributed by atoms with Crippen molar-refractivity contribution in [2.75, 3.05) is 26.2 Å². The highest BCUT2D eigenvalue weighted by molar-refractivity contribution is 5.50. The molecule has 0 aliphatic rings. The van der Waals surface area contributed by atoms with Gasteiger partial charge in [-0.05, 0) is 57.0 Å². The maximum atomic E-state index is 11.6. The average Bonchev–Trinajstić information content (AvgIpc) is 2.79. The van der Waals surface area contributed by atoms with Gasteiger partial charge in [0.15, 0.2) is 0 Å². The normalized spacial score (nSPS) is 13.5. The fourth-order valence-corrected chi connectivity index (χ4v) is 5.16. The Labute approximate surface area is 246 Å². The zero-order chi connectivity index (χ0) is 30.8. The van der Waals surface area contributed by atoms with E-state index in [1.54, 1.807) is 0 Å². The third kappa shape index (κ3) is 8.73. The molecule has 2 aromatic carbocycles. The van der Waals surface area contributed by atoms with Crippen LogP contribution in [0.15, 0.2) is 24.3 Å². The van der Waals surface area contributed by atoms with Crippen LogP contribution < -0.4 is 0 Å². The van der Waals surface area contributed by atoms with Gasteiger partial charge in [0.1, 0.15) is 11.5 Å². The maximum Gasteiger partial charge on any atom is 0.123 e. The minimum atomic E-state index is -0.174. The molecule has 0 heterocycles. The molecule has 0 radical (unpaired) electrons. The van der Waals surface area contributed by atoms with E-state index in [4.69, 9.17) is 0 Å². The molecule has 226 valence electrons. The van der Waals surface area contributed by atoms with Gasteiger partial charge in [-0.3, -0.25) is 4.90 Å². The van der Waals surface area contributed by atoms with E-state index in [0.29, 0.717) is 24.6 Å². The van der Waals surface area contributed by atoms with Crippen LogP contribution in [0.3, 0.4) is 0 Å². The Hall–Kier alpha value is -2.04. The van der Waals surface area contributed by atoms with Gasteiger partial charge in [-0.15, -0.1) is 0 Å². The van der Waals surface area contributed by atoms with Gasteiger partial charge in [0.2, 0.25) is 0 Å². The Bertz CT molecular complexity index is 1050. The van der Waals surface area contributed by atoms with Crippen molar-refractivity contribution in [3.63, 3.8) is 0 Å². The van der Waals surface area contributed by atoms with Gasteiger partial charge < -0.3 is 15.1 Å². The van der Waals surface area contributed by atoms with Crippen LogP contribution >= 0.6 is 0 Å². The molecule has 0 spiro atoms. The standard InChI is InChI=1S/C36H60N2O2/c1-15-37(16-2)17-18-38(23-25-19-27(33(3,4)5)21-29(31(25)39)35(9,10)11)24-26-20-28(34(6,7)8)22-30(32(26)40)36(12,13)14/h19-22,39-40H,15-18,23-24H2,1-14H3. The van der Waals surface area contributed by atoms with Crippen molar-refractivity contribution in [2.24, 2.45) is 0 Å². The number of likely N-dealkylation sites (N-methyl/N-ethyl adjacent to an activating group) is 1. The number of phenols is 2. The Balaban J connectivity index is 2.68. The SMILES string of the molecule is CCN(CC)CCN(Cc1cc(C(C)(C)C)cc(C(C)(C)C)c1O)Cc1cc(C(C)(C)C)cc(C(C)(C)C)c1O. The summed E-state index contributed by atoms with van der Waals surface area (Å²) in [7, 11) is 0. The highest BCUT2D eigenvalue weighted by Gasteiger charge is 2.28. The number of rotatable bonds is 9. The Kier molecular flexibility index (Phi) is 10.6. The summed E-state index contributed by atoms with van der Waals surface area (Å²) < 4.78 is 0. The minimum absolute atomic E-state index is 0.0323. The summed E-state index contributed by atoms with van der Waals surface area (Å²) in [6, 6.07) is 8.77. The molecule has 0 saturated heterocycles. The van der Waals surface area contributed by atoms with Crippen LogP contribution in [0.2, 0.25) is 0 Å². The average molecular weight is 553 g/mol. The topological polar surface area (TPSA) is 46.9 Å². The molecule has 0 aliphatic carbocycles. The summed E-state index contributed by atoms with van der Waals surface area (Å²) in [5, 5.41) is 23.1. The molecule has 2 rings (SSSR count). The van der Waals surface area contributed by atoms with E-state index in [9.17, 15) is 10.2 Å². The predicted octanol–water partition coefficient (Wildman–Crippen LogP) is 8.63. The van der Waals surface area contributed by atoms with Crippen LogP contribution in [0, 0.1) is 0 Å². The lowest BCUT2D eigenvalue weighted by Crippen LogP contribution is -2.35. The van der Waals surface area contributed by atoms with E-state index in [1.807, 2.05) is 0 Å². The third-order valence-electron chi connectivity index (χ3n) is 8.14. The number of hydrogen-bond acceptors (Lipinski definition) is 4. The molecule has 0 aliphatic heterocycles. The van der Waals surface area contributed by atoms with Gasteiger partial charge >= 0.3 is 0 Å². The van der Waals surface area contributed by atoms with Gasteiger partial charge in [0.25, 0.3) is 0 Å². The molecular formula is C36H60N2O2. The lowest BCUT2D eigenvalue weighted by molar-refractivity contribution is 0.198. The Morgan fingerprint density at radius 3 is 1.10 bits per heavy atom. The van der Waals surface area contributed by atoms with E-state index in [2.05, 4.69) is 131 Å². The van der Waals surface area contributed by atoms with Crippen molar-refractivity contribution in [3.8, 4) is 11.5 Å². The van der Waals surface area contributed by atoms with Gasteiger partial charge in [0.05, 0.1) is 0 Å². The number of phenolic OH excluding ortho intramolecular Hbond substituents is 2. The van der Waals surface area contributed by atoms with Crippen molar-refractivity contribution >= 4 is 0 Å². The fraction of sp³-hybridized carbons (Fsp3) is 0.667. The second-order valence-corrected chi connectivity index (χ2v) is 15.8. The second kappa shape index (κ2) is 12.4. The van der Waals surface area contributed by atoms with Crippen LogP contribution in [-0.2, 0) is 34.7 Å². The highest BCUT2D eigenvalue weighted by atomic mass is 16.3. The van der Waals surface area contributed by atoms with Crippen LogP contribution in [0.4, 0.5) is 0 Å². The van der Waals surface area contributed by atoms with Crippen molar-refractivity contribution in [3.05, 3.63) is 57.6 Å². The first kappa shape index (κ1) is 34.2. The van der Waals surface area contributed by atoms with Crippen LogP contribution in [0.25, 0.3) is 0 Å². The summed E-state index contributed by atoms with van der Waals surface area (Å²) in [6.07, 6.45) is 0. The van der Waals surface area contributed by atoms with Gasteiger partial charge in [-0.2, -0.15) is 0 Å². The smallest absolute Gasteiger partial charge is 0.123 e. The lowest BCUT2D eigenvalue weighted by atomic mass is 9.78. The second-order valence-electron chi connectivity index (χ2n) is 15.8. The van der Waals surface area contributed by atoms with E-state index >= 15 is 0 Å². The molecule has 2 N–H and O–H groups in total. The van der Waals surface area contributed by atoms with Gasteiger partial charge in [0, 0.05) is 37.3 Å². The minimum Gasteiger partial charge on any atom is -0.507 e. The largest absolute Gasteiger partial charge is 0.507 e. The number of benzene rings is 2. The molecule has 0 bridgehead atoms.